The van der Waals surface area contributed by atoms with Crippen LogP contribution in [0.25, 0.3) is 10.8 Å². The monoisotopic (exact) mass is 409 g/mol. The highest BCUT2D eigenvalue weighted by Crippen LogP contribution is 2.22. The number of urea groups is 1. The molecule has 0 saturated carbocycles. The van der Waals surface area contributed by atoms with E-state index < -0.39 is 23.4 Å². The van der Waals surface area contributed by atoms with Crippen molar-refractivity contribution in [1.82, 2.24) is 10.2 Å². The Kier molecular flexibility index (Phi) is 6.23. The Hall–Kier alpha value is -2.99. The van der Waals surface area contributed by atoms with Crippen molar-refractivity contribution in [3.63, 3.8) is 0 Å². The van der Waals surface area contributed by atoms with E-state index in [0.717, 1.165) is 54.4 Å². The van der Waals surface area contributed by atoms with Crippen molar-refractivity contribution in [2.24, 2.45) is 5.92 Å². The summed E-state index contributed by atoms with van der Waals surface area (Å²) in [4.78, 5) is 14.7. The second kappa shape index (κ2) is 9.22. The zero-order valence-corrected chi connectivity index (χ0v) is 16.7. The first kappa shape index (κ1) is 20.3. The average Bonchev–Trinajstić information content (AvgIpc) is 2.76. The van der Waals surface area contributed by atoms with E-state index in [0.29, 0.717) is 19.0 Å². The topological polar surface area (TPSA) is 44.4 Å². The molecule has 3 aromatic rings. The lowest BCUT2D eigenvalue weighted by Gasteiger charge is -2.30. The summed E-state index contributed by atoms with van der Waals surface area (Å²) in [7, 11) is 0. The number of anilines is 1. The molecule has 4 nitrogen and oxygen atoms in total. The van der Waals surface area contributed by atoms with Gasteiger partial charge in [-0.1, -0.05) is 42.5 Å². The third kappa shape index (κ3) is 4.76. The summed E-state index contributed by atoms with van der Waals surface area (Å²) < 4.78 is 28.1. The van der Waals surface area contributed by atoms with Gasteiger partial charge in [-0.25, -0.2) is 13.6 Å². The molecule has 0 aromatic heterocycles. The number of para-hydroxylation sites is 1. The van der Waals surface area contributed by atoms with E-state index in [-0.39, 0.29) is 0 Å². The van der Waals surface area contributed by atoms with Gasteiger partial charge in [0.05, 0.1) is 0 Å². The van der Waals surface area contributed by atoms with Crippen molar-refractivity contribution >= 4 is 22.5 Å². The lowest BCUT2D eigenvalue weighted by molar-refractivity contribution is 0.189. The van der Waals surface area contributed by atoms with Crippen LogP contribution in [0, 0.1) is 17.6 Å². The van der Waals surface area contributed by atoms with E-state index in [4.69, 9.17) is 0 Å². The molecule has 2 amide bonds. The Balaban J connectivity index is 1.56. The molecule has 6 heteroatoms. The Bertz CT molecular complexity index is 1010. The van der Waals surface area contributed by atoms with E-state index in [1.807, 2.05) is 36.4 Å². The lowest BCUT2D eigenvalue weighted by Crippen LogP contribution is -2.41. The van der Waals surface area contributed by atoms with Gasteiger partial charge >= 0.3 is 6.03 Å². The zero-order chi connectivity index (χ0) is 20.9. The molecular formula is C24H25F2N3O. The van der Waals surface area contributed by atoms with E-state index in [9.17, 15) is 13.6 Å². The molecule has 30 heavy (non-hydrogen) atoms. The highest BCUT2D eigenvalue weighted by Gasteiger charge is 2.23. The largest absolute Gasteiger partial charge is 0.322 e. The van der Waals surface area contributed by atoms with Crippen molar-refractivity contribution in [3.05, 3.63) is 77.9 Å². The van der Waals surface area contributed by atoms with Crippen molar-refractivity contribution in [2.45, 2.75) is 19.4 Å². The molecular weight excluding hydrogens is 384 g/mol. The van der Waals surface area contributed by atoms with Crippen LogP contribution in [0.3, 0.4) is 0 Å². The quantitative estimate of drug-likeness (QED) is 0.612. The molecule has 1 fully saturated rings. The van der Waals surface area contributed by atoms with Crippen LogP contribution in [0.15, 0.2) is 60.7 Å². The first-order valence-electron chi connectivity index (χ1n) is 10.3. The summed E-state index contributed by atoms with van der Waals surface area (Å²) in [6, 6.07) is 17.2. The molecule has 0 unspecified atom stereocenters. The summed E-state index contributed by atoms with van der Waals surface area (Å²) in [5.41, 5.74) is 0.572. The molecule has 2 N–H and O–H groups in total. The number of hydrogen-bond donors (Lipinski definition) is 2. The van der Waals surface area contributed by atoms with Crippen molar-refractivity contribution in [2.75, 3.05) is 25.0 Å². The number of fused-ring (bicyclic) bond motifs is 1. The van der Waals surface area contributed by atoms with Crippen LogP contribution in [0.4, 0.5) is 19.3 Å². The maximum Gasteiger partial charge on any atom is 0.322 e. The van der Waals surface area contributed by atoms with Gasteiger partial charge in [0.1, 0.15) is 17.3 Å². The first-order chi connectivity index (χ1) is 14.6. The number of benzene rings is 3. The molecule has 1 heterocycles. The van der Waals surface area contributed by atoms with Gasteiger partial charge in [0, 0.05) is 13.1 Å². The van der Waals surface area contributed by atoms with E-state index >= 15 is 0 Å². The fourth-order valence-electron chi connectivity index (χ4n) is 3.96. The lowest BCUT2D eigenvalue weighted by atomic mass is 9.97. The molecule has 0 aliphatic carbocycles. The smallest absolute Gasteiger partial charge is 0.320 e. The molecule has 0 radical (unpaired) electrons. The number of halogens is 2. The number of nitrogens with zero attached hydrogens (tertiary/aromatic N) is 1. The number of hydrogen-bond acceptors (Lipinski definition) is 2. The van der Waals surface area contributed by atoms with Crippen LogP contribution in [0.2, 0.25) is 0 Å². The summed E-state index contributed by atoms with van der Waals surface area (Å²) >= 11 is 0. The molecule has 0 bridgehead atoms. The first-order valence-corrected chi connectivity index (χ1v) is 10.3. The molecule has 4 rings (SSSR count). The SMILES string of the molecule is O=C(Nc1c(F)cccc1F)N(Cc1ccc2ccccc2c1)CC1CCNCC1. The van der Waals surface area contributed by atoms with Gasteiger partial charge < -0.3 is 15.5 Å². The van der Waals surface area contributed by atoms with Gasteiger partial charge in [-0.05, 0) is 66.4 Å². The number of carbonyl (C=O) groups excluding carboxylic acids is 1. The van der Waals surface area contributed by atoms with Crippen LogP contribution in [0.5, 0.6) is 0 Å². The minimum Gasteiger partial charge on any atom is -0.320 e. The Morgan fingerprint density at radius 2 is 1.67 bits per heavy atom. The fraction of sp³-hybridized carbons (Fsp3) is 0.292. The predicted octanol–water partition coefficient (Wildman–Crippen LogP) is 5.15. The predicted molar refractivity (Wildman–Crippen MR) is 115 cm³/mol. The third-order valence-corrected chi connectivity index (χ3v) is 5.61. The third-order valence-electron chi connectivity index (χ3n) is 5.61. The number of amides is 2. The van der Waals surface area contributed by atoms with Crippen molar-refractivity contribution in [1.29, 1.82) is 0 Å². The normalized spacial score (nSPS) is 14.6. The fourth-order valence-corrected chi connectivity index (χ4v) is 3.96. The van der Waals surface area contributed by atoms with Gasteiger partial charge in [0.25, 0.3) is 0 Å². The molecule has 1 saturated heterocycles. The molecule has 0 spiro atoms. The number of piperidine rings is 1. The Morgan fingerprint density at radius 3 is 2.40 bits per heavy atom. The molecule has 3 aromatic carbocycles. The van der Waals surface area contributed by atoms with Gasteiger partial charge in [0.15, 0.2) is 0 Å². The summed E-state index contributed by atoms with van der Waals surface area (Å²) in [5.74, 6) is -1.21. The summed E-state index contributed by atoms with van der Waals surface area (Å²) in [6.45, 7) is 2.74. The van der Waals surface area contributed by atoms with Crippen LogP contribution in [0.1, 0.15) is 18.4 Å². The van der Waals surface area contributed by atoms with Crippen molar-refractivity contribution < 1.29 is 13.6 Å². The number of carbonyl (C=O) groups is 1. The second-order valence-electron chi connectivity index (χ2n) is 7.78. The summed E-state index contributed by atoms with van der Waals surface area (Å²) in [6.07, 6.45) is 1.94. The Labute approximate surface area is 174 Å². The highest BCUT2D eigenvalue weighted by molar-refractivity contribution is 5.90. The highest BCUT2D eigenvalue weighted by atomic mass is 19.1. The van der Waals surface area contributed by atoms with Gasteiger partial charge in [-0.2, -0.15) is 0 Å². The molecule has 1 aliphatic heterocycles. The van der Waals surface area contributed by atoms with Gasteiger partial charge in [-0.3, -0.25) is 0 Å². The standard InChI is InChI=1S/C24H25F2N3O/c25-21-6-3-7-22(26)23(21)28-24(30)29(15-17-10-12-27-13-11-17)16-18-8-9-19-4-1-2-5-20(19)14-18/h1-9,14,17,27H,10-13,15-16H2,(H,28,30). The number of nitrogens with one attached hydrogen (secondary N) is 2. The van der Waals surface area contributed by atoms with E-state index in [1.54, 1.807) is 4.90 Å². The number of rotatable bonds is 5. The maximum atomic E-state index is 14.1. The second-order valence-corrected chi connectivity index (χ2v) is 7.78. The minimum absolute atomic E-state index is 0.350. The zero-order valence-electron chi connectivity index (χ0n) is 16.7. The van der Waals surface area contributed by atoms with Crippen LogP contribution in [-0.4, -0.2) is 30.6 Å². The van der Waals surface area contributed by atoms with Gasteiger partial charge in [0.2, 0.25) is 0 Å². The van der Waals surface area contributed by atoms with Crippen LogP contribution >= 0.6 is 0 Å². The Morgan fingerprint density at radius 1 is 0.967 bits per heavy atom. The van der Waals surface area contributed by atoms with Crippen LogP contribution < -0.4 is 10.6 Å². The van der Waals surface area contributed by atoms with E-state index in [1.165, 1.54) is 6.07 Å². The molecule has 0 atom stereocenters. The molecule has 156 valence electrons. The van der Waals surface area contributed by atoms with Gasteiger partial charge in [-0.15, -0.1) is 0 Å². The van der Waals surface area contributed by atoms with Crippen molar-refractivity contribution in [3.8, 4) is 0 Å². The summed E-state index contributed by atoms with van der Waals surface area (Å²) in [5, 5.41) is 7.99. The molecule has 1 aliphatic rings. The van der Waals surface area contributed by atoms with Crippen LogP contribution in [-0.2, 0) is 6.54 Å². The average molecular weight is 409 g/mol. The minimum atomic E-state index is -0.782. The maximum absolute atomic E-state index is 14.1. The van der Waals surface area contributed by atoms with E-state index in [2.05, 4.69) is 16.7 Å².